The van der Waals surface area contributed by atoms with E-state index in [2.05, 4.69) is 89.9 Å². The number of carbonyl (C=O) groups excluding carboxylic acids is 2. The van der Waals surface area contributed by atoms with E-state index in [-0.39, 0.29) is 78.4 Å². The fourth-order valence-corrected chi connectivity index (χ4v) is 12.3. The molecule has 0 spiro atoms. The van der Waals surface area contributed by atoms with Crippen LogP contribution < -0.4 is 22.1 Å². The van der Waals surface area contributed by atoms with Crippen LogP contribution in [-0.4, -0.2) is 130 Å². The molecule has 0 bridgehead atoms. The maximum Gasteiger partial charge on any atom is 0.413 e. The molecule has 0 aliphatic carbocycles. The third kappa shape index (κ3) is 16.4. The SMILES string of the molecule is COC(=O)N(C)c1c(N)nc(-c2nc(-c3nccs3)n(Cc3ccccc3F)n2)nc1N.Fc1ccccc1Cn1nc(-c2cocn2)nc1-c1nccs1.Fc1ccccc1Cn1nc(-c2nccs2)nc1-c1cocn1.NC(=O)c1ccnc(-c2nc(-c3nccs3)n(Cc3ccccc3F)n2)c1. The summed E-state index contributed by atoms with van der Waals surface area (Å²) in [6, 6.07) is 29.1. The van der Waals surface area contributed by atoms with Gasteiger partial charge in [0.25, 0.3) is 0 Å². The zero-order chi connectivity index (χ0) is 72.9. The lowest BCUT2D eigenvalue weighted by Crippen LogP contribution is -2.28. The Labute approximate surface area is 606 Å². The highest BCUT2D eigenvalue weighted by atomic mass is 32.1. The molecular formula is C67H51F4N25O5S4. The Morgan fingerprint density at radius 2 is 0.829 bits per heavy atom. The standard InChI is InChI=1S/C19H18FN9O2S.C18H13FN6OS.2C15H10FN5OS/c1-28(19(30)31-2)12-13(21)24-15(25-14(12)22)16-26-17(18-23-7-8-32-18)29(27-16)9-10-5-3-4-6-11(10)20;19-13-4-2-1-3-12(13)10-25-17(18-22-7-8-27-18)23-16(24-25)14-9-11(15(20)26)5-6-21-14;16-11-4-2-1-3-10(11)7-21-14(12-8-22-9-18-12)19-13(20-21)15-17-5-6-23-15;16-11-4-2-1-3-10(11)7-21-14(15-17-5-6-23-15)19-13(20-21)12-8-22-9-18-12/h3-8H,9H2,1-2H3,(H4,21,22,24,25);1-9H,10H2,(H2,20,26);2*1-6,8-9H,7H2. The summed E-state index contributed by atoms with van der Waals surface area (Å²) in [4.78, 5) is 80.1. The number of rotatable bonds is 18. The first-order chi connectivity index (χ1) is 51.1. The maximum absolute atomic E-state index is 14.2. The number of nitrogens with zero attached hydrogens (tertiary/aromatic N) is 22. The monoisotopic (exact) mass is 1490 g/mol. The number of aromatic nitrogens is 21. The number of amides is 2. The molecule has 105 heavy (non-hydrogen) atoms. The van der Waals surface area contributed by atoms with Crippen molar-refractivity contribution >= 4 is 74.7 Å². The molecular weight excluding hydrogens is 1440 g/mol. The molecule has 0 saturated carbocycles. The van der Waals surface area contributed by atoms with E-state index in [4.69, 9.17) is 26.0 Å². The Kier molecular flexibility index (Phi) is 21.4. The van der Waals surface area contributed by atoms with Gasteiger partial charge in [-0.1, -0.05) is 72.8 Å². The Hall–Kier alpha value is -13.3. The maximum atomic E-state index is 14.2. The molecule has 6 N–H and O–H groups in total. The number of pyridine rings is 1. The van der Waals surface area contributed by atoms with E-state index in [1.807, 2.05) is 16.1 Å². The molecule has 30 nitrogen and oxygen atoms in total. The van der Waals surface area contributed by atoms with Crippen LogP contribution in [0.25, 0.3) is 89.5 Å². The summed E-state index contributed by atoms with van der Waals surface area (Å²) in [5, 5.41) is 27.8. The van der Waals surface area contributed by atoms with Gasteiger partial charge >= 0.3 is 6.09 Å². The summed E-state index contributed by atoms with van der Waals surface area (Å²) in [5.74, 6) is 1.42. The molecule has 0 saturated heterocycles. The Balaban J connectivity index is 0.000000125. The van der Waals surface area contributed by atoms with Crippen molar-refractivity contribution < 1.29 is 40.7 Å². The van der Waals surface area contributed by atoms with Crippen molar-refractivity contribution in [1.82, 2.24) is 104 Å². The fourth-order valence-electron chi connectivity index (χ4n) is 9.88. The van der Waals surface area contributed by atoms with Crippen LogP contribution in [0.5, 0.6) is 0 Å². The van der Waals surface area contributed by atoms with Gasteiger partial charge in [0.05, 0.1) is 33.3 Å². The first kappa shape index (κ1) is 70.1. The summed E-state index contributed by atoms with van der Waals surface area (Å²) in [6.07, 6.45) is 13.0. The number of nitrogens with two attached hydrogens (primary N) is 3. The summed E-state index contributed by atoms with van der Waals surface area (Å²) in [5.41, 5.74) is 21.2. The van der Waals surface area contributed by atoms with Crippen molar-refractivity contribution in [3.8, 4) is 89.5 Å². The van der Waals surface area contributed by atoms with Crippen molar-refractivity contribution in [2.24, 2.45) is 5.73 Å². The van der Waals surface area contributed by atoms with E-state index in [0.717, 1.165) is 4.90 Å². The smallest absolute Gasteiger partial charge is 0.413 e. The van der Waals surface area contributed by atoms with Crippen molar-refractivity contribution in [3.05, 3.63) is 238 Å². The van der Waals surface area contributed by atoms with Gasteiger partial charge in [0.15, 0.2) is 73.6 Å². The van der Waals surface area contributed by atoms with E-state index in [1.54, 1.807) is 117 Å². The number of methoxy groups -OCH3 is 1. The van der Waals surface area contributed by atoms with Crippen molar-refractivity contribution in [3.63, 3.8) is 0 Å². The highest BCUT2D eigenvalue weighted by Gasteiger charge is 2.26. The van der Waals surface area contributed by atoms with E-state index in [9.17, 15) is 27.2 Å². The molecule has 12 heterocycles. The van der Waals surface area contributed by atoms with Gasteiger partial charge in [-0.2, -0.15) is 0 Å². The molecule has 2 amide bonds. The van der Waals surface area contributed by atoms with Crippen LogP contribution in [0, 0.1) is 23.3 Å². The second-order valence-electron chi connectivity index (χ2n) is 21.6. The molecule has 0 atom stereocenters. The molecule has 0 aliphatic rings. The number of halogens is 4. The number of oxazole rings is 2. The molecule has 16 aromatic rings. The average Bonchev–Trinajstić information content (AvgIpc) is 1.70. The van der Waals surface area contributed by atoms with Gasteiger partial charge in [0.1, 0.15) is 58.6 Å². The lowest BCUT2D eigenvalue weighted by atomic mass is 10.2. The van der Waals surface area contributed by atoms with Gasteiger partial charge in [-0.3, -0.25) is 14.7 Å². The summed E-state index contributed by atoms with van der Waals surface area (Å²) in [6.45, 7) is 0.798. The van der Waals surface area contributed by atoms with Crippen molar-refractivity contribution in [1.29, 1.82) is 0 Å². The normalized spacial score (nSPS) is 10.9. The lowest BCUT2D eigenvalue weighted by Gasteiger charge is -2.18. The van der Waals surface area contributed by atoms with E-state index in [0.29, 0.717) is 106 Å². The predicted molar refractivity (Wildman–Crippen MR) is 380 cm³/mol. The first-order valence-corrected chi connectivity index (χ1v) is 34.3. The molecule has 0 unspecified atom stereocenters. The van der Waals surface area contributed by atoms with Gasteiger partial charge in [-0.25, -0.2) is 101 Å². The quantitative estimate of drug-likeness (QED) is 0.0672. The molecule has 16 rings (SSSR count). The average molecular weight is 1490 g/mol. The molecule has 526 valence electrons. The fraction of sp³-hybridized carbons (Fsp3) is 0.0896. The van der Waals surface area contributed by atoms with Crippen LogP contribution in [0.4, 0.5) is 39.7 Å². The second-order valence-corrected chi connectivity index (χ2v) is 25.2. The number of nitrogen functional groups attached to an aromatic ring is 2. The Morgan fingerprint density at radius 1 is 0.448 bits per heavy atom. The molecule has 12 aromatic heterocycles. The summed E-state index contributed by atoms with van der Waals surface area (Å²) in [7, 11) is 2.66. The van der Waals surface area contributed by atoms with E-state index in [1.165, 1.54) is 132 Å². The van der Waals surface area contributed by atoms with E-state index < -0.39 is 12.0 Å². The van der Waals surface area contributed by atoms with Crippen LogP contribution in [0.2, 0.25) is 0 Å². The number of anilines is 3. The number of thiazole rings is 4. The third-order valence-electron chi connectivity index (χ3n) is 14.8. The van der Waals surface area contributed by atoms with Gasteiger partial charge in [0, 0.05) is 87.4 Å². The minimum Gasteiger partial charge on any atom is -0.452 e. The molecule has 0 aliphatic heterocycles. The number of benzene rings is 4. The number of hydrogen-bond donors (Lipinski definition) is 3. The van der Waals surface area contributed by atoms with Crippen LogP contribution in [0.15, 0.2) is 196 Å². The van der Waals surface area contributed by atoms with Crippen LogP contribution >= 0.6 is 45.3 Å². The summed E-state index contributed by atoms with van der Waals surface area (Å²) >= 11 is 5.64. The highest BCUT2D eigenvalue weighted by Crippen LogP contribution is 2.33. The number of ether oxygens (including phenoxy) is 1. The van der Waals surface area contributed by atoms with Gasteiger partial charge < -0.3 is 30.8 Å². The number of hydrogen-bond acceptors (Lipinski definition) is 28. The van der Waals surface area contributed by atoms with Crippen molar-refractivity contribution in [2.75, 3.05) is 30.5 Å². The second kappa shape index (κ2) is 32.1. The lowest BCUT2D eigenvalue weighted by molar-refractivity contribution is 0.1000. The number of carbonyl (C=O) groups is 2. The summed E-state index contributed by atoms with van der Waals surface area (Å²) < 4.78 is 77.1. The topological polar surface area (TPSA) is 390 Å². The van der Waals surface area contributed by atoms with Gasteiger partial charge in [0.2, 0.25) is 29.2 Å². The third-order valence-corrected chi connectivity index (χ3v) is 17.9. The van der Waals surface area contributed by atoms with Crippen LogP contribution in [0.3, 0.4) is 0 Å². The first-order valence-electron chi connectivity index (χ1n) is 30.7. The number of primary amides is 1. The molecule has 0 radical (unpaired) electrons. The van der Waals surface area contributed by atoms with Crippen LogP contribution in [0.1, 0.15) is 32.6 Å². The zero-order valence-electron chi connectivity index (χ0n) is 54.5. The van der Waals surface area contributed by atoms with Crippen molar-refractivity contribution in [2.45, 2.75) is 26.2 Å². The highest BCUT2D eigenvalue weighted by molar-refractivity contribution is 7.13. The largest absolute Gasteiger partial charge is 0.452 e. The van der Waals surface area contributed by atoms with Crippen LogP contribution in [-0.2, 0) is 30.9 Å². The molecule has 0 fully saturated rings. The molecule has 4 aromatic carbocycles. The zero-order valence-corrected chi connectivity index (χ0v) is 57.7. The minimum atomic E-state index is -0.682. The Morgan fingerprint density at radius 3 is 1.23 bits per heavy atom. The van der Waals surface area contributed by atoms with Gasteiger partial charge in [-0.15, -0.1) is 65.7 Å². The van der Waals surface area contributed by atoms with E-state index >= 15 is 0 Å². The van der Waals surface area contributed by atoms with Gasteiger partial charge in [-0.05, 0) is 36.4 Å². The minimum absolute atomic E-state index is 0.0482. The molecule has 38 heteroatoms. The Bertz CT molecular complexity index is 5400. The predicted octanol–water partition coefficient (Wildman–Crippen LogP) is 11.7.